The molecule has 0 aliphatic heterocycles. The molecule has 6 nitrogen and oxygen atoms in total. The first-order valence-electron chi connectivity index (χ1n) is 10.1. The van der Waals surface area contributed by atoms with Crippen LogP contribution in [0.1, 0.15) is 58.2 Å². The van der Waals surface area contributed by atoms with Gasteiger partial charge in [0.05, 0.1) is 17.6 Å². The van der Waals surface area contributed by atoms with Crippen molar-refractivity contribution in [3.05, 3.63) is 30.1 Å². The molecule has 0 saturated heterocycles. The minimum absolute atomic E-state index is 0.0349. The van der Waals surface area contributed by atoms with Gasteiger partial charge in [0.25, 0.3) is 0 Å². The summed E-state index contributed by atoms with van der Waals surface area (Å²) in [4.78, 5) is 29.5. The van der Waals surface area contributed by atoms with E-state index < -0.39 is 0 Å². The molecule has 1 heterocycles. The van der Waals surface area contributed by atoms with E-state index >= 15 is 0 Å². The van der Waals surface area contributed by atoms with Crippen LogP contribution in [0.15, 0.2) is 24.3 Å². The average Bonchev–Trinajstić information content (AvgIpc) is 3.04. The molecule has 1 atom stereocenters. The number of para-hydroxylation sites is 2. The molecule has 1 aliphatic rings. The Balaban J connectivity index is 1.73. The van der Waals surface area contributed by atoms with Gasteiger partial charge in [-0.15, -0.1) is 0 Å². The van der Waals surface area contributed by atoms with Gasteiger partial charge < -0.3 is 15.2 Å². The molecule has 1 fully saturated rings. The third-order valence-electron chi connectivity index (χ3n) is 5.45. The van der Waals surface area contributed by atoms with Crippen molar-refractivity contribution in [3.63, 3.8) is 0 Å². The summed E-state index contributed by atoms with van der Waals surface area (Å²) in [6, 6.07) is 7.92. The number of hydrogen-bond donors (Lipinski definition) is 2. The summed E-state index contributed by atoms with van der Waals surface area (Å²) in [6.07, 6.45) is 6.32. The summed E-state index contributed by atoms with van der Waals surface area (Å²) in [5.41, 5.74) is 1.76. The van der Waals surface area contributed by atoms with E-state index in [9.17, 15) is 9.59 Å². The maximum absolute atomic E-state index is 12.5. The second-order valence-electron chi connectivity index (χ2n) is 7.53. The van der Waals surface area contributed by atoms with Crippen LogP contribution in [-0.4, -0.2) is 27.4 Å². The predicted molar refractivity (Wildman–Crippen MR) is 106 cm³/mol. The first-order chi connectivity index (χ1) is 13.1. The fourth-order valence-corrected chi connectivity index (χ4v) is 3.68. The fraction of sp³-hybridized carbons (Fsp3) is 0.571. The van der Waals surface area contributed by atoms with Crippen LogP contribution in [0.3, 0.4) is 0 Å². The summed E-state index contributed by atoms with van der Waals surface area (Å²) in [5, 5.41) is 6.04. The van der Waals surface area contributed by atoms with Crippen molar-refractivity contribution in [2.24, 2.45) is 5.92 Å². The molecule has 1 aliphatic carbocycles. The van der Waals surface area contributed by atoms with Crippen LogP contribution in [0.5, 0.6) is 0 Å². The zero-order valence-corrected chi connectivity index (χ0v) is 16.3. The number of amides is 2. The Bertz CT molecular complexity index is 793. The predicted octanol–water partition coefficient (Wildman–Crippen LogP) is 3.15. The van der Waals surface area contributed by atoms with Gasteiger partial charge in [0.15, 0.2) is 0 Å². The highest BCUT2D eigenvalue weighted by molar-refractivity contribution is 5.82. The van der Waals surface area contributed by atoms with Crippen LogP contribution >= 0.6 is 0 Å². The summed E-state index contributed by atoms with van der Waals surface area (Å²) < 4.78 is 1.91. The maximum atomic E-state index is 12.5. The quantitative estimate of drug-likeness (QED) is 0.786. The van der Waals surface area contributed by atoms with Crippen LogP contribution in [-0.2, 0) is 22.7 Å². The second kappa shape index (κ2) is 9.02. The number of rotatable bonds is 7. The van der Waals surface area contributed by atoms with Crippen molar-refractivity contribution < 1.29 is 9.59 Å². The summed E-state index contributed by atoms with van der Waals surface area (Å²) >= 11 is 0. The SMILES string of the molecule is CCC(C)NC(=O)Cn1c(CNC(=O)C2CCCCC2)nc2ccccc21. The van der Waals surface area contributed by atoms with Crippen molar-refractivity contribution in [2.45, 2.75) is 71.5 Å². The lowest BCUT2D eigenvalue weighted by Crippen LogP contribution is -2.36. The van der Waals surface area contributed by atoms with E-state index in [0.29, 0.717) is 6.54 Å². The van der Waals surface area contributed by atoms with E-state index in [4.69, 9.17) is 0 Å². The Labute approximate surface area is 160 Å². The van der Waals surface area contributed by atoms with Crippen molar-refractivity contribution in [3.8, 4) is 0 Å². The van der Waals surface area contributed by atoms with E-state index in [1.165, 1.54) is 6.42 Å². The number of fused-ring (bicyclic) bond motifs is 1. The first-order valence-corrected chi connectivity index (χ1v) is 10.1. The molecule has 27 heavy (non-hydrogen) atoms. The van der Waals surface area contributed by atoms with E-state index in [0.717, 1.165) is 49.0 Å². The topological polar surface area (TPSA) is 76.0 Å². The normalized spacial score (nSPS) is 16.2. The standard InChI is InChI=1S/C21H30N4O2/c1-3-15(2)23-20(26)14-25-18-12-8-7-11-17(18)24-19(25)13-22-21(27)16-9-5-4-6-10-16/h7-8,11-12,15-16H,3-6,9-10,13-14H2,1-2H3,(H,22,27)(H,23,26). The molecular formula is C21H30N4O2. The van der Waals surface area contributed by atoms with Gasteiger partial charge in [-0.1, -0.05) is 38.3 Å². The van der Waals surface area contributed by atoms with Crippen LogP contribution in [0, 0.1) is 5.92 Å². The van der Waals surface area contributed by atoms with E-state index in [2.05, 4.69) is 15.6 Å². The molecule has 3 rings (SSSR count). The molecule has 2 N–H and O–H groups in total. The minimum atomic E-state index is -0.0349. The van der Waals surface area contributed by atoms with Crippen molar-refractivity contribution in [1.29, 1.82) is 0 Å². The lowest BCUT2D eigenvalue weighted by molar-refractivity contribution is -0.126. The number of imidazole rings is 1. The summed E-state index contributed by atoms with van der Waals surface area (Å²) in [6.45, 7) is 4.60. The maximum Gasteiger partial charge on any atom is 0.240 e. The molecule has 146 valence electrons. The van der Waals surface area contributed by atoms with Gasteiger partial charge in [0.2, 0.25) is 11.8 Å². The van der Waals surface area contributed by atoms with Gasteiger partial charge in [-0.2, -0.15) is 0 Å². The Morgan fingerprint density at radius 2 is 1.96 bits per heavy atom. The lowest BCUT2D eigenvalue weighted by atomic mass is 9.89. The van der Waals surface area contributed by atoms with Crippen molar-refractivity contribution in [2.75, 3.05) is 0 Å². The molecule has 1 unspecified atom stereocenters. The number of nitrogens with zero attached hydrogens (tertiary/aromatic N) is 2. The molecule has 1 aromatic heterocycles. The van der Waals surface area contributed by atoms with Gasteiger partial charge >= 0.3 is 0 Å². The third kappa shape index (κ3) is 4.87. The molecule has 1 saturated carbocycles. The highest BCUT2D eigenvalue weighted by atomic mass is 16.2. The summed E-state index contributed by atoms with van der Waals surface area (Å²) in [5.74, 6) is 0.912. The summed E-state index contributed by atoms with van der Waals surface area (Å²) in [7, 11) is 0. The largest absolute Gasteiger partial charge is 0.352 e. The molecule has 2 aromatic rings. The average molecular weight is 370 g/mol. The number of hydrogen-bond acceptors (Lipinski definition) is 3. The number of carbonyl (C=O) groups is 2. The molecule has 0 bridgehead atoms. The number of carbonyl (C=O) groups excluding carboxylic acids is 2. The zero-order valence-electron chi connectivity index (χ0n) is 16.3. The van der Waals surface area contributed by atoms with Gasteiger partial charge in [-0.25, -0.2) is 4.98 Å². The first kappa shape index (κ1) is 19.4. The second-order valence-corrected chi connectivity index (χ2v) is 7.53. The van der Waals surface area contributed by atoms with Crippen LogP contribution in [0.25, 0.3) is 11.0 Å². The van der Waals surface area contributed by atoms with Gasteiger partial charge in [-0.05, 0) is 38.3 Å². The highest BCUT2D eigenvalue weighted by Crippen LogP contribution is 2.24. The minimum Gasteiger partial charge on any atom is -0.352 e. The van der Waals surface area contributed by atoms with E-state index in [1.807, 2.05) is 42.7 Å². The third-order valence-corrected chi connectivity index (χ3v) is 5.45. The van der Waals surface area contributed by atoms with Crippen molar-refractivity contribution >= 4 is 22.8 Å². The van der Waals surface area contributed by atoms with Gasteiger partial charge in [0.1, 0.15) is 12.4 Å². The lowest BCUT2D eigenvalue weighted by Gasteiger charge is -2.20. The molecular weight excluding hydrogens is 340 g/mol. The number of benzene rings is 1. The molecule has 2 amide bonds. The fourth-order valence-electron chi connectivity index (χ4n) is 3.68. The molecule has 0 spiro atoms. The monoisotopic (exact) mass is 370 g/mol. The molecule has 0 radical (unpaired) electrons. The van der Waals surface area contributed by atoms with Crippen LogP contribution in [0.2, 0.25) is 0 Å². The van der Waals surface area contributed by atoms with Crippen molar-refractivity contribution in [1.82, 2.24) is 20.2 Å². The smallest absolute Gasteiger partial charge is 0.240 e. The molecule has 6 heteroatoms. The van der Waals surface area contributed by atoms with Crippen LogP contribution in [0.4, 0.5) is 0 Å². The number of aromatic nitrogens is 2. The van der Waals surface area contributed by atoms with E-state index in [1.54, 1.807) is 0 Å². The van der Waals surface area contributed by atoms with Crippen LogP contribution < -0.4 is 10.6 Å². The zero-order chi connectivity index (χ0) is 19.2. The van der Waals surface area contributed by atoms with E-state index in [-0.39, 0.29) is 30.3 Å². The molecule has 1 aromatic carbocycles. The van der Waals surface area contributed by atoms with Gasteiger partial charge in [0, 0.05) is 12.0 Å². The Hall–Kier alpha value is -2.37. The Morgan fingerprint density at radius 1 is 1.22 bits per heavy atom. The van der Waals surface area contributed by atoms with Gasteiger partial charge in [-0.3, -0.25) is 9.59 Å². The Morgan fingerprint density at radius 3 is 2.70 bits per heavy atom. The number of nitrogens with one attached hydrogen (secondary N) is 2. The highest BCUT2D eigenvalue weighted by Gasteiger charge is 2.22. The Kier molecular flexibility index (Phi) is 6.48.